The van der Waals surface area contributed by atoms with Gasteiger partial charge in [-0.05, 0) is 29.8 Å². The molecule has 5 heteroatoms. The summed E-state index contributed by atoms with van der Waals surface area (Å²) >= 11 is 8.57. The van der Waals surface area contributed by atoms with Gasteiger partial charge in [-0.2, -0.15) is 0 Å². The Morgan fingerprint density at radius 2 is 2.27 bits per heavy atom. The number of carbonyl (C=O) groups is 1. The van der Waals surface area contributed by atoms with Crippen molar-refractivity contribution in [3.05, 3.63) is 34.4 Å². The molecule has 0 radical (unpaired) electrons. The summed E-state index contributed by atoms with van der Waals surface area (Å²) in [5, 5.41) is 9.56. The van der Waals surface area contributed by atoms with Crippen LogP contribution in [0.1, 0.15) is 11.7 Å². The zero-order valence-electron chi connectivity index (χ0n) is 7.50. The number of fused-ring (bicyclic) bond motifs is 1. The molecule has 2 rings (SSSR count). The lowest BCUT2D eigenvalue weighted by Crippen LogP contribution is -2.04. The van der Waals surface area contributed by atoms with Crippen molar-refractivity contribution >= 4 is 43.7 Å². The number of aliphatic hydroxyl groups excluding tert-OH is 1. The summed E-state index contributed by atoms with van der Waals surface area (Å²) in [6, 6.07) is 5.55. The maximum Gasteiger partial charge on any atom is 0.254 e. The van der Waals surface area contributed by atoms with Crippen molar-refractivity contribution in [1.29, 1.82) is 0 Å². The molecule has 0 bridgehead atoms. The number of hydrogen-bond donors (Lipinski definition) is 2. The Morgan fingerprint density at radius 3 is 2.93 bits per heavy atom. The third-order valence-corrected chi connectivity index (χ3v) is 2.89. The van der Waals surface area contributed by atoms with Gasteiger partial charge < -0.3 is 10.1 Å². The van der Waals surface area contributed by atoms with E-state index in [1.54, 1.807) is 6.20 Å². The van der Waals surface area contributed by atoms with E-state index in [0.717, 1.165) is 15.4 Å². The van der Waals surface area contributed by atoms with Gasteiger partial charge in [0.05, 0.1) is 0 Å². The molecule has 1 aromatic carbocycles. The highest BCUT2D eigenvalue weighted by molar-refractivity contribution is 9.10. The SMILES string of the molecule is O=C(Cl)C(O)c1c[nH]c2ccc(Br)cc12. The number of aliphatic hydroxyl groups is 1. The van der Waals surface area contributed by atoms with Crippen LogP contribution in [0.15, 0.2) is 28.9 Å². The van der Waals surface area contributed by atoms with E-state index in [2.05, 4.69) is 20.9 Å². The van der Waals surface area contributed by atoms with Gasteiger partial charge in [0.25, 0.3) is 5.24 Å². The molecule has 78 valence electrons. The summed E-state index contributed by atoms with van der Waals surface area (Å²) in [6.45, 7) is 0. The highest BCUT2D eigenvalue weighted by Crippen LogP contribution is 2.27. The van der Waals surface area contributed by atoms with Crippen molar-refractivity contribution in [2.24, 2.45) is 0 Å². The van der Waals surface area contributed by atoms with E-state index in [0.29, 0.717) is 5.56 Å². The van der Waals surface area contributed by atoms with Crippen LogP contribution in [0.4, 0.5) is 0 Å². The predicted molar refractivity (Wildman–Crippen MR) is 61.8 cm³/mol. The summed E-state index contributed by atoms with van der Waals surface area (Å²) < 4.78 is 0.880. The Labute approximate surface area is 99.2 Å². The summed E-state index contributed by atoms with van der Waals surface area (Å²) in [6.07, 6.45) is 0.303. The number of rotatable bonds is 2. The van der Waals surface area contributed by atoms with Gasteiger partial charge in [0, 0.05) is 27.1 Å². The molecule has 1 aromatic heterocycles. The van der Waals surface area contributed by atoms with Crippen molar-refractivity contribution in [2.75, 3.05) is 0 Å². The first kappa shape index (κ1) is 10.7. The second kappa shape index (κ2) is 3.96. The third kappa shape index (κ3) is 1.93. The van der Waals surface area contributed by atoms with Crippen LogP contribution in [0.25, 0.3) is 10.9 Å². The highest BCUT2D eigenvalue weighted by Gasteiger charge is 2.18. The topological polar surface area (TPSA) is 53.1 Å². The Bertz CT molecular complexity index is 523. The number of H-pyrrole nitrogens is 1. The summed E-state index contributed by atoms with van der Waals surface area (Å²) in [4.78, 5) is 13.8. The number of hydrogen-bond acceptors (Lipinski definition) is 2. The van der Waals surface area contributed by atoms with Gasteiger partial charge in [0.1, 0.15) is 0 Å². The molecule has 1 heterocycles. The van der Waals surface area contributed by atoms with Gasteiger partial charge in [0.15, 0.2) is 6.10 Å². The van der Waals surface area contributed by atoms with Crippen LogP contribution in [0.5, 0.6) is 0 Å². The van der Waals surface area contributed by atoms with Gasteiger partial charge in [-0.3, -0.25) is 4.79 Å². The fourth-order valence-corrected chi connectivity index (χ4v) is 1.94. The average molecular weight is 289 g/mol. The van der Waals surface area contributed by atoms with E-state index in [4.69, 9.17) is 11.6 Å². The van der Waals surface area contributed by atoms with E-state index in [9.17, 15) is 9.90 Å². The lowest BCUT2D eigenvalue weighted by atomic mass is 10.1. The molecule has 2 aromatic rings. The van der Waals surface area contributed by atoms with Crippen LogP contribution < -0.4 is 0 Å². The number of aromatic amines is 1. The molecule has 0 fully saturated rings. The van der Waals surface area contributed by atoms with Crippen molar-refractivity contribution < 1.29 is 9.90 Å². The Morgan fingerprint density at radius 1 is 1.53 bits per heavy atom. The number of carbonyl (C=O) groups excluding carboxylic acids is 1. The maximum absolute atomic E-state index is 10.9. The van der Waals surface area contributed by atoms with Crippen molar-refractivity contribution in [1.82, 2.24) is 4.98 Å². The van der Waals surface area contributed by atoms with E-state index >= 15 is 0 Å². The summed E-state index contributed by atoms with van der Waals surface area (Å²) in [5.74, 6) is 0. The molecule has 0 amide bonds. The third-order valence-electron chi connectivity index (χ3n) is 2.19. The number of halogens is 2. The Hall–Kier alpha value is -0.840. The monoisotopic (exact) mass is 287 g/mol. The summed E-state index contributed by atoms with van der Waals surface area (Å²) in [7, 11) is 0. The van der Waals surface area contributed by atoms with Gasteiger partial charge in [0.2, 0.25) is 0 Å². The lowest BCUT2D eigenvalue weighted by molar-refractivity contribution is -0.119. The van der Waals surface area contributed by atoms with Crippen molar-refractivity contribution in [2.45, 2.75) is 6.10 Å². The number of nitrogens with one attached hydrogen (secondary N) is 1. The standard InChI is InChI=1S/C10H7BrClNO2/c11-5-1-2-8-6(3-5)7(4-13-8)9(14)10(12)15/h1-4,9,13-14H. The van der Waals surface area contributed by atoms with Gasteiger partial charge in [-0.15, -0.1) is 0 Å². The molecule has 0 saturated heterocycles. The molecule has 0 aliphatic carbocycles. The molecule has 1 unspecified atom stereocenters. The molecule has 0 aliphatic heterocycles. The fourth-order valence-electron chi connectivity index (χ4n) is 1.46. The predicted octanol–water partition coefficient (Wildman–Crippen LogP) is 2.73. The molecule has 0 aliphatic rings. The first-order valence-electron chi connectivity index (χ1n) is 4.23. The van der Waals surface area contributed by atoms with Crippen LogP contribution in [0, 0.1) is 0 Å². The summed E-state index contributed by atoms with van der Waals surface area (Å²) in [5.41, 5.74) is 1.34. The lowest BCUT2D eigenvalue weighted by Gasteiger charge is -2.03. The molecule has 1 atom stereocenters. The smallest absolute Gasteiger partial charge is 0.254 e. The second-order valence-corrected chi connectivity index (χ2v) is 4.43. The first-order chi connectivity index (χ1) is 7.09. The van der Waals surface area contributed by atoms with Crippen LogP contribution in [-0.4, -0.2) is 15.3 Å². The average Bonchev–Trinajstić information content (AvgIpc) is 2.59. The number of benzene rings is 1. The molecule has 2 N–H and O–H groups in total. The minimum Gasteiger partial charge on any atom is -0.379 e. The van der Waals surface area contributed by atoms with E-state index in [1.807, 2.05) is 18.2 Å². The zero-order chi connectivity index (χ0) is 11.0. The van der Waals surface area contributed by atoms with Crippen LogP contribution in [0.2, 0.25) is 0 Å². The molecule has 3 nitrogen and oxygen atoms in total. The van der Waals surface area contributed by atoms with Gasteiger partial charge in [-0.25, -0.2) is 0 Å². The molecular weight excluding hydrogens is 281 g/mol. The fraction of sp³-hybridized carbons (Fsp3) is 0.100. The second-order valence-electron chi connectivity index (χ2n) is 3.14. The van der Waals surface area contributed by atoms with Crippen LogP contribution in [0.3, 0.4) is 0 Å². The Kier molecular flexibility index (Phi) is 2.82. The van der Waals surface area contributed by atoms with E-state index < -0.39 is 11.3 Å². The normalized spacial score (nSPS) is 13.0. The quantitative estimate of drug-likeness (QED) is 0.835. The maximum atomic E-state index is 10.9. The molecule has 0 spiro atoms. The molecular formula is C10H7BrClNO2. The van der Waals surface area contributed by atoms with Crippen molar-refractivity contribution in [3.63, 3.8) is 0 Å². The van der Waals surface area contributed by atoms with Gasteiger partial charge in [-0.1, -0.05) is 15.9 Å². The van der Waals surface area contributed by atoms with Crippen LogP contribution in [-0.2, 0) is 4.79 Å². The minimum atomic E-state index is -1.28. The van der Waals surface area contributed by atoms with Crippen LogP contribution >= 0.6 is 27.5 Å². The van der Waals surface area contributed by atoms with E-state index in [1.165, 1.54) is 0 Å². The highest BCUT2D eigenvalue weighted by atomic mass is 79.9. The molecule has 0 saturated carbocycles. The number of aromatic nitrogens is 1. The molecule has 15 heavy (non-hydrogen) atoms. The first-order valence-corrected chi connectivity index (χ1v) is 5.40. The Balaban J connectivity index is 2.61. The zero-order valence-corrected chi connectivity index (χ0v) is 9.84. The largest absolute Gasteiger partial charge is 0.379 e. The van der Waals surface area contributed by atoms with Crippen molar-refractivity contribution in [3.8, 4) is 0 Å². The van der Waals surface area contributed by atoms with E-state index in [-0.39, 0.29) is 0 Å². The van der Waals surface area contributed by atoms with Gasteiger partial charge >= 0.3 is 0 Å². The minimum absolute atomic E-state index is 0.492.